The minimum absolute atomic E-state index is 0.0123. The Morgan fingerprint density at radius 1 is 0.337 bits per heavy atom. The first-order valence-corrected chi connectivity index (χ1v) is 37.0. The molecule has 0 rings (SSSR count). The minimum atomic E-state index is -4.42. The van der Waals surface area contributed by atoms with Gasteiger partial charge in [-0.25, -0.2) is 4.57 Å². The highest BCUT2D eigenvalue weighted by Crippen LogP contribution is 2.43. The van der Waals surface area contributed by atoms with Gasteiger partial charge in [-0.1, -0.05) is 284 Å². The highest BCUT2D eigenvalue weighted by molar-refractivity contribution is 7.47. The molecule has 0 saturated carbocycles. The third-order valence-corrected chi connectivity index (χ3v) is 15.0. The molecule has 0 saturated heterocycles. The molecule has 0 bridgehead atoms. The highest BCUT2D eigenvalue weighted by Gasteiger charge is 2.27. The number of nitrogens with zero attached hydrogens (tertiary/aromatic N) is 1. The Balaban J connectivity index is 4.22. The molecule has 0 fully saturated rings. The van der Waals surface area contributed by atoms with E-state index in [0.717, 1.165) is 167 Å². The predicted molar refractivity (Wildman–Crippen MR) is 398 cm³/mol. The smallest absolute Gasteiger partial charge is 0.462 e. The molecule has 514 valence electrons. The first-order chi connectivity index (χ1) is 45.0. The van der Waals surface area contributed by atoms with Gasteiger partial charge in [-0.05, 0) is 154 Å². The number of ether oxygens (including phenoxy) is 2. The summed E-state index contributed by atoms with van der Waals surface area (Å²) in [5.41, 5.74) is 0. The number of phosphoric acid groups is 1. The van der Waals surface area contributed by atoms with E-state index in [1.807, 2.05) is 21.1 Å². The number of quaternary nitrogens is 1. The summed E-state index contributed by atoms with van der Waals surface area (Å²) in [6.45, 7) is 4.13. The summed E-state index contributed by atoms with van der Waals surface area (Å²) < 4.78 is 34.7. The van der Waals surface area contributed by atoms with Crippen molar-refractivity contribution < 1.29 is 42.1 Å². The lowest BCUT2D eigenvalue weighted by molar-refractivity contribution is -0.870. The van der Waals surface area contributed by atoms with Crippen molar-refractivity contribution in [2.24, 2.45) is 0 Å². The summed E-state index contributed by atoms with van der Waals surface area (Å²) >= 11 is 0. The molecule has 92 heavy (non-hydrogen) atoms. The second-order valence-corrected chi connectivity index (χ2v) is 25.3. The van der Waals surface area contributed by atoms with Gasteiger partial charge in [0.05, 0.1) is 27.7 Å². The van der Waals surface area contributed by atoms with E-state index in [1.165, 1.54) is 25.7 Å². The number of hydrogen-bond acceptors (Lipinski definition) is 7. The van der Waals surface area contributed by atoms with Crippen molar-refractivity contribution in [3.8, 4) is 0 Å². The maximum absolute atomic E-state index is 12.9. The number of phosphoric ester groups is 1. The van der Waals surface area contributed by atoms with Crippen molar-refractivity contribution in [3.05, 3.63) is 219 Å². The van der Waals surface area contributed by atoms with Crippen LogP contribution < -0.4 is 0 Å². The molecule has 2 unspecified atom stereocenters. The molecule has 0 aromatic rings. The average molecular weight is 1290 g/mol. The molecular formula is C82H129NO8P+. The number of carbonyl (C=O) groups is 2. The molecule has 0 aromatic carbocycles. The van der Waals surface area contributed by atoms with Gasteiger partial charge in [0.25, 0.3) is 0 Å². The molecule has 2 atom stereocenters. The van der Waals surface area contributed by atoms with E-state index in [4.69, 9.17) is 18.5 Å². The molecule has 0 aromatic heterocycles. The summed E-state index contributed by atoms with van der Waals surface area (Å²) in [4.78, 5) is 35.9. The Labute approximate surface area is 563 Å². The molecule has 0 aliphatic heterocycles. The predicted octanol–water partition coefficient (Wildman–Crippen LogP) is 23.6. The molecule has 0 amide bonds. The van der Waals surface area contributed by atoms with E-state index in [1.54, 1.807) is 0 Å². The van der Waals surface area contributed by atoms with Crippen LogP contribution in [0.25, 0.3) is 0 Å². The molecular weight excluding hydrogens is 1160 g/mol. The summed E-state index contributed by atoms with van der Waals surface area (Å²) in [5, 5.41) is 0. The van der Waals surface area contributed by atoms with Gasteiger partial charge in [0.1, 0.15) is 19.8 Å². The zero-order valence-corrected chi connectivity index (χ0v) is 59.3. The van der Waals surface area contributed by atoms with E-state index < -0.39 is 32.5 Å². The van der Waals surface area contributed by atoms with Crippen LogP contribution in [0.2, 0.25) is 0 Å². The fourth-order valence-corrected chi connectivity index (χ4v) is 9.39. The lowest BCUT2D eigenvalue weighted by Crippen LogP contribution is -2.37. The topological polar surface area (TPSA) is 108 Å². The van der Waals surface area contributed by atoms with Crippen LogP contribution in [-0.2, 0) is 32.7 Å². The number of likely N-dealkylation sites (N-methyl/N-ethyl adjacent to an activating group) is 1. The van der Waals surface area contributed by atoms with Crippen LogP contribution in [0, 0.1) is 0 Å². The monoisotopic (exact) mass is 1290 g/mol. The summed E-state index contributed by atoms with van der Waals surface area (Å²) in [5.74, 6) is -0.854. The van der Waals surface area contributed by atoms with Gasteiger partial charge < -0.3 is 18.9 Å². The van der Waals surface area contributed by atoms with Crippen LogP contribution in [0.5, 0.6) is 0 Å². The van der Waals surface area contributed by atoms with Gasteiger partial charge in [-0.2, -0.15) is 0 Å². The van der Waals surface area contributed by atoms with Crippen LogP contribution in [0.4, 0.5) is 0 Å². The van der Waals surface area contributed by atoms with E-state index in [2.05, 4.69) is 233 Å². The zero-order valence-electron chi connectivity index (χ0n) is 58.4. The zero-order chi connectivity index (χ0) is 66.9. The van der Waals surface area contributed by atoms with E-state index in [0.29, 0.717) is 23.9 Å². The Hall–Kier alpha value is -5.67. The van der Waals surface area contributed by atoms with Crippen LogP contribution in [0.15, 0.2) is 219 Å². The number of hydrogen-bond donors (Lipinski definition) is 1. The fraction of sp³-hybridized carbons (Fsp3) is 0.537. The second kappa shape index (κ2) is 69.7. The van der Waals surface area contributed by atoms with Gasteiger partial charge in [-0.3, -0.25) is 18.6 Å². The van der Waals surface area contributed by atoms with Gasteiger partial charge >= 0.3 is 19.8 Å². The largest absolute Gasteiger partial charge is 0.472 e. The van der Waals surface area contributed by atoms with Crippen LogP contribution in [0.3, 0.4) is 0 Å². The van der Waals surface area contributed by atoms with Gasteiger partial charge in [0.2, 0.25) is 0 Å². The first-order valence-electron chi connectivity index (χ1n) is 35.5. The van der Waals surface area contributed by atoms with Crippen molar-refractivity contribution >= 4 is 19.8 Å². The first kappa shape index (κ1) is 86.3. The van der Waals surface area contributed by atoms with Gasteiger partial charge in [0.15, 0.2) is 6.10 Å². The van der Waals surface area contributed by atoms with E-state index in [-0.39, 0.29) is 26.1 Å². The Morgan fingerprint density at radius 3 is 0.870 bits per heavy atom. The van der Waals surface area contributed by atoms with Crippen molar-refractivity contribution in [2.75, 3.05) is 47.5 Å². The molecule has 1 N–H and O–H groups in total. The standard InChI is InChI=1S/C82H128NO8P/c1-6-8-10-12-14-16-18-20-22-24-26-28-30-32-34-35-36-37-38-39-40-41-42-43-44-45-46-47-49-51-53-55-57-59-61-63-65-67-69-71-73-75-82(85)91-80(79-90-92(86,87)89-77-76-83(3,4)5)78-88-81(84)74-72-70-68-66-64-62-60-58-56-54-52-50-48-33-31-29-27-25-23-21-19-17-15-13-11-9-7-2/h8-11,14-17,20-23,26-29,32-34,36-37,39-40,42-43,45-46,48-49,51-52,54-55,57,61,63,80H,6-7,12-13,18-19,24-25,30-31,35,38,41,44,47,50,53,56,58-60,62,64-79H2,1-5H3/p+1/b10-8-,11-9-,16-14-,17-15-,22-20-,23-21-,28-26-,29-27-,34-32-,37-36-,40-39-,43-42-,46-45-,48-33-,51-49-,54-52-,57-55-,63-61-. The molecule has 0 aliphatic rings. The summed E-state index contributed by atoms with van der Waals surface area (Å²) in [6, 6.07) is 0. The molecule has 0 aliphatic carbocycles. The maximum Gasteiger partial charge on any atom is 0.472 e. The van der Waals surface area contributed by atoms with Crippen LogP contribution >= 0.6 is 7.82 Å². The highest BCUT2D eigenvalue weighted by atomic mass is 31.2. The molecule has 10 heteroatoms. The van der Waals surface area contributed by atoms with Crippen molar-refractivity contribution in [3.63, 3.8) is 0 Å². The maximum atomic E-state index is 12.9. The van der Waals surface area contributed by atoms with Crippen molar-refractivity contribution in [1.82, 2.24) is 0 Å². The molecule has 9 nitrogen and oxygen atoms in total. The van der Waals surface area contributed by atoms with Gasteiger partial charge in [0, 0.05) is 12.8 Å². The van der Waals surface area contributed by atoms with Crippen molar-refractivity contribution in [2.45, 2.75) is 238 Å². The number of allylic oxidation sites excluding steroid dienone is 36. The Kier molecular flexibility index (Phi) is 65.4. The van der Waals surface area contributed by atoms with Crippen molar-refractivity contribution in [1.29, 1.82) is 0 Å². The third kappa shape index (κ3) is 73.4. The number of esters is 2. The SMILES string of the molecule is CC/C=C\C/C=C\C/C=C\C/C=C\C/C=C\C/C=C\C/C=C\C/C=C\C/C=C\C/C=C\C/C=C\C/C=C\CCCCCCC(=O)OC(COC(=O)CCCCCCCCCC/C=C\C/C=C\C/C=C\C/C=C\C/C=C\C/C=C\CC)COP(=O)(O)OCC[N+](C)(C)C. The Morgan fingerprint density at radius 2 is 0.587 bits per heavy atom. The molecule has 0 radical (unpaired) electrons. The fourth-order valence-electron chi connectivity index (χ4n) is 8.65. The second-order valence-electron chi connectivity index (χ2n) is 23.8. The molecule has 0 spiro atoms. The molecule has 0 heterocycles. The van der Waals surface area contributed by atoms with Crippen LogP contribution in [-0.4, -0.2) is 74.9 Å². The third-order valence-electron chi connectivity index (χ3n) is 14.0. The Bertz CT molecular complexity index is 2360. The quantitative estimate of drug-likeness (QED) is 0.0211. The van der Waals surface area contributed by atoms with Gasteiger partial charge in [-0.15, -0.1) is 0 Å². The average Bonchev–Trinajstić information content (AvgIpc) is 2.23. The minimum Gasteiger partial charge on any atom is -0.462 e. The van der Waals surface area contributed by atoms with E-state index >= 15 is 0 Å². The normalized spacial score (nSPS) is 14.5. The van der Waals surface area contributed by atoms with E-state index in [9.17, 15) is 19.0 Å². The lowest BCUT2D eigenvalue weighted by Gasteiger charge is -2.24. The number of rotatable bonds is 62. The lowest BCUT2D eigenvalue weighted by atomic mass is 10.1. The number of carbonyl (C=O) groups excluding carboxylic acids is 2. The summed E-state index contributed by atoms with van der Waals surface area (Å²) in [7, 11) is 1.42. The number of unbranched alkanes of at least 4 members (excludes halogenated alkanes) is 12. The van der Waals surface area contributed by atoms with Crippen LogP contribution in [0.1, 0.15) is 232 Å². The summed E-state index contributed by atoms with van der Waals surface area (Å²) in [6.07, 6.45) is 112.